The molecular formula is C22H14F3N3O3. The van der Waals surface area contributed by atoms with Gasteiger partial charge in [-0.2, -0.15) is 13.2 Å². The molecule has 2 aromatic heterocycles. The Bertz CT molecular complexity index is 1220. The van der Waals surface area contributed by atoms with Gasteiger partial charge in [-0.15, -0.1) is 0 Å². The van der Waals surface area contributed by atoms with Crippen molar-refractivity contribution in [3.05, 3.63) is 78.1 Å². The Morgan fingerprint density at radius 1 is 0.968 bits per heavy atom. The Hall–Kier alpha value is -4.01. The molecule has 0 aliphatic rings. The lowest BCUT2D eigenvalue weighted by Crippen LogP contribution is -2.13. The van der Waals surface area contributed by atoms with Crippen molar-refractivity contribution in [3.63, 3.8) is 0 Å². The quantitative estimate of drug-likeness (QED) is 0.415. The first-order chi connectivity index (χ1) is 14.9. The fourth-order valence-corrected chi connectivity index (χ4v) is 3.05. The SMILES string of the molecule is COC(=O)c1c(-c2ccccc2)noc1-c1cnc(-c2ccccc2)nc1C(F)(F)F. The molecule has 31 heavy (non-hydrogen) atoms. The molecule has 0 N–H and O–H groups in total. The van der Waals surface area contributed by atoms with Crippen LogP contribution in [0.1, 0.15) is 16.1 Å². The van der Waals surface area contributed by atoms with Crippen molar-refractivity contribution in [2.75, 3.05) is 7.11 Å². The molecule has 156 valence electrons. The van der Waals surface area contributed by atoms with Crippen LogP contribution in [0.2, 0.25) is 0 Å². The fraction of sp³-hybridized carbons (Fsp3) is 0.0909. The minimum absolute atomic E-state index is 0.0581. The van der Waals surface area contributed by atoms with Crippen molar-refractivity contribution in [3.8, 4) is 34.0 Å². The van der Waals surface area contributed by atoms with Crippen LogP contribution in [-0.2, 0) is 10.9 Å². The molecule has 4 rings (SSSR count). The van der Waals surface area contributed by atoms with Crippen molar-refractivity contribution in [1.82, 2.24) is 15.1 Å². The van der Waals surface area contributed by atoms with E-state index < -0.39 is 29.2 Å². The van der Waals surface area contributed by atoms with E-state index in [1.54, 1.807) is 60.7 Å². The second-order valence-electron chi connectivity index (χ2n) is 6.41. The number of hydrogen-bond acceptors (Lipinski definition) is 6. The molecule has 4 aromatic rings. The first-order valence-electron chi connectivity index (χ1n) is 9.03. The molecule has 0 unspecified atom stereocenters. The largest absolute Gasteiger partial charge is 0.465 e. The molecule has 0 amide bonds. The molecule has 6 nitrogen and oxygen atoms in total. The van der Waals surface area contributed by atoms with Crippen LogP contribution in [0.3, 0.4) is 0 Å². The van der Waals surface area contributed by atoms with E-state index >= 15 is 0 Å². The average molecular weight is 425 g/mol. The predicted molar refractivity (Wildman–Crippen MR) is 105 cm³/mol. The van der Waals surface area contributed by atoms with Crippen LogP contribution in [0.25, 0.3) is 34.0 Å². The normalized spacial score (nSPS) is 11.4. The first-order valence-corrected chi connectivity index (χ1v) is 9.03. The van der Waals surface area contributed by atoms with Gasteiger partial charge in [-0.3, -0.25) is 0 Å². The van der Waals surface area contributed by atoms with Crippen molar-refractivity contribution >= 4 is 5.97 Å². The summed E-state index contributed by atoms with van der Waals surface area (Å²) in [5, 5.41) is 3.84. The summed E-state index contributed by atoms with van der Waals surface area (Å²) >= 11 is 0. The van der Waals surface area contributed by atoms with E-state index in [0.717, 1.165) is 13.3 Å². The van der Waals surface area contributed by atoms with Crippen LogP contribution in [0, 0.1) is 0 Å². The Morgan fingerprint density at radius 2 is 1.58 bits per heavy atom. The van der Waals surface area contributed by atoms with Gasteiger partial charge >= 0.3 is 12.1 Å². The molecule has 2 aromatic carbocycles. The highest BCUT2D eigenvalue weighted by Crippen LogP contribution is 2.40. The number of nitrogens with zero attached hydrogens (tertiary/aromatic N) is 3. The van der Waals surface area contributed by atoms with E-state index in [-0.39, 0.29) is 17.1 Å². The topological polar surface area (TPSA) is 78.1 Å². The van der Waals surface area contributed by atoms with E-state index in [0.29, 0.717) is 11.1 Å². The summed E-state index contributed by atoms with van der Waals surface area (Å²) in [6.07, 6.45) is -3.87. The molecule has 0 saturated carbocycles. The van der Waals surface area contributed by atoms with E-state index in [1.807, 2.05) is 0 Å². The zero-order valence-electron chi connectivity index (χ0n) is 16.1. The molecular weight excluding hydrogens is 411 g/mol. The summed E-state index contributed by atoms with van der Waals surface area (Å²) in [7, 11) is 1.12. The number of benzene rings is 2. The van der Waals surface area contributed by atoms with Crippen LogP contribution in [0.5, 0.6) is 0 Å². The molecule has 0 spiro atoms. The molecule has 2 heterocycles. The smallest absolute Gasteiger partial charge is 0.434 e. The van der Waals surface area contributed by atoms with Crippen molar-refractivity contribution in [2.45, 2.75) is 6.18 Å². The highest BCUT2D eigenvalue weighted by atomic mass is 19.4. The molecule has 0 aliphatic heterocycles. The third-order valence-electron chi connectivity index (χ3n) is 4.46. The molecule has 0 radical (unpaired) electrons. The second-order valence-corrected chi connectivity index (χ2v) is 6.41. The summed E-state index contributed by atoms with van der Waals surface area (Å²) in [6, 6.07) is 16.7. The summed E-state index contributed by atoms with van der Waals surface area (Å²) in [5.74, 6) is -1.42. The van der Waals surface area contributed by atoms with E-state index in [4.69, 9.17) is 9.26 Å². The van der Waals surface area contributed by atoms with E-state index in [1.165, 1.54) is 0 Å². The van der Waals surface area contributed by atoms with Crippen LogP contribution >= 0.6 is 0 Å². The summed E-state index contributed by atoms with van der Waals surface area (Å²) in [4.78, 5) is 20.2. The van der Waals surface area contributed by atoms with Crippen molar-refractivity contribution < 1.29 is 27.2 Å². The van der Waals surface area contributed by atoms with Gasteiger partial charge in [0, 0.05) is 17.3 Å². The van der Waals surface area contributed by atoms with Crippen molar-refractivity contribution in [2.24, 2.45) is 0 Å². The number of carbonyl (C=O) groups is 1. The van der Waals surface area contributed by atoms with Gasteiger partial charge in [0.15, 0.2) is 17.3 Å². The van der Waals surface area contributed by atoms with Gasteiger partial charge in [-0.25, -0.2) is 14.8 Å². The Balaban J connectivity index is 1.94. The minimum atomic E-state index is -4.84. The number of alkyl halides is 3. The lowest BCUT2D eigenvalue weighted by atomic mass is 10.0. The summed E-state index contributed by atoms with van der Waals surface area (Å²) in [6.45, 7) is 0. The van der Waals surface area contributed by atoms with Crippen molar-refractivity contribution in [1.29, 1.82) is 0 Å². The van der Waals surface area contributed by atoms with Gasteiger partial charge in [0.25, 0.3) is 0 Å². The highest BCUT2D eigenvalue weighted by molar-refractivity contribution is 6.01. The molecule has 0 bridgehead atoms. The Labute approximate surface area is 174 Å². The van der Waals surface area contributed by atoms with Crippen LogP contribution in [0.15, 0.2) is 71.4 Å². The van der Waals surface area contributed by atoms with E-state index in [9.17, 15) is 18.0 Å². The number of aromatic nitrogens is 3. The van der Waals surface area contributed by atoms with Crippen LogP contribution in [-0.4, -0.2) is 28.2 Å². The zero-order valence-corrected chi connectivity index (χ0v) is 16.1. The number of methoxy groups -OCH3 is 1. The van der Waals surface area contributed by atoms with Gasteiger partial charge in [0.05, 0.1) is 12.7 Å². The number of esters is 1. The molecule has 0 fully saturated rings. The van der Waals surface area contributed by atoms with Crippen LogP contribution < -0.4 is 0 Å². The zero-order chi connectivity index (χ0) is 22.0. The molecule has 0 atom stereocenters. The second kappa shape index (κ2) is 8.02. The third-order valence-corrected chi connectivity index (χ3v) is 4.46. The lowest BCUT2D eigenvalue weighted by molar-refractivity contribution is -0.140. The standard InChI is InChI=1S/C22H14F3N3O3/c1-30-21(29)16-17(13-8-4-2-5-9-13)28-31-18(16)15-12-26-20(14-10-6-3-7-11-14)27-19(15)22(23,24)25/h2-12H,1H3. The number of carbonyl (C=O) groups excluding carboxylic acids is 1. The molecule has 0 aliphatic carbocycles. The average Bonchev–Trinajstić information content (AvgIpc) is 3.24. The van der Waals surface area contributed by atoms with Crippen LogP contribution in [0.4, 0.5) is 13.2 Å². The Morgan fingerprint density at radius 3 is 2.16 bits per heavy atom. The molecule has 0 saturated heterocycles. The first kappa shape index (κ1) is 20.3. The van der Waals surface area contributed by atoms with Gasteiger partial charge in [0.1, 0.15) is 11.3 Å². The Kier molecular flexibility index (Phi) is 5.24. The number of halogens is 3. The summed E-state index contributed by atoms with van der Waals surface area (Å²) < 4.78 is 51.7. The monoisotopic (exact) mass is 425 g/mol. The third kappa shape index (κ3) is 3.89. The number of rotatable bonds is 4. The predicted octanol–water partition coefficient (Wildman–Crippen LogP) is 5.27. The van der Waals surface area contributed by atoms with Gasteiger partial charge in [0.2, 0.25) is 0 Å². The maximum absolute atomic E-state index is 13.9. The van der Waals surface area contributed by atoms with E-state index in [2.05, 4.69) is 15.1 Å². The highest BCUT2D eigenvalue weighted by Gasteiger charge is 2.39. The fourth-order valence-electron chi connectivity index (χ4n) is 3.05. The number of ether oxygens (including phenoxy) is 1. The summed E-state index contributed by atoms with van der Waals surface area (Å²) in [5.41, 5.74) is -1.05. The van der Waals surface area contributed by atoms with Gasteiger partial charge < -0.3 is 9.26 Å². The van der Waals surface area contributed by atoms with Gasteiger partial charge in [-0.05, 0) is 0 Å². The van der Waals surface area contributed by atoms with Gasteiger partial charge in [-0.1, -0.05) is 65.8 Å². The number of hydrogen-bond donors (Lipinski definition) is 0. The molecule has 9 heteroatoms. The lowest BCUT2D eigenvalue weighted by Gasteiger charge is -2.12. The maximum atomic E-state index is 13.9. The minimum Gasteiger partial charge on any atom is -0.465 e. The maximum Gasteiger partial charge on any atom is 0.434 e.